The molecule has 0 saturated carbocycles. The Morgan fingerprint density at radius 2 is 1.89 bits per heavy atom. The molecule has 3 N–H and O–H groups in total. The van der Waals surface area contributed by atoms with Crippen LogP contribution in [-0.2, 0) is 16.8 Å². The van der Waals surface area contributed by atoms with E-state index in [2.05, 4.69) is 14.8 Å². The minimum atomic E-state index is -3.51. The first-order valence-electron chi connectivity index (χ1n) is 6.03. The van der Waals surface area contributed by atoms with Crippen molar-refractivity contribution in [1.29, 1.82) is 0 Å². The molecule has 18 heavy (non-hydrogen) atoms. The van der Waals surface area contributed by atoms with Gasteiger partial charge in [0.1, 0.15) is 0 Å². The highest BCUT2D eigenvalue weighted by Gasteiger charge is 2.13. The van der Waals surface area contributed by atoms with Crippen LogP contribution in [0.5, 0.6) is 0 Å². The topological polar surface area (TPSA) is 70.2 Å². The second-order valence-corrected chi connectivity index (χ2v) is 5.76. The number of hydrogen-bond acceptors (Lipinski definition) is 3. The Labute approximate surface area is 109 Å². The number of para-hydroxylation sites is 1. The average Bonchev–Trinajstić information content (AvgIpc) is 2.25. The standard InChI is InChI=1S/C12H21N3O2S/c1-4-13-9-11-7-5-6-8-12(11)15-18(16,17)14-10(2)3/h5-8,10,13-15H,4,9H2,1-3H3. The molecule has 0 amide bonds. The van der Waals surface area contributed by atoms with Crippen LogP contribution in [0.15, 0.2) is 24.3 Å². The number of benzene rings is 1. The highest BCUT2D eigenvalue weighted by Crippen LogP contribution is 2.15. The van der Waals surface area contributed by atoms with Gasteiger partial charge in [0.25, 0.3) is 10.2 Å². The van der Waals surface area contributed by atoms with Crippen LogP contribution in [0.3, 0.4) is 0 Å². The molecule has 0 aliphatic heterocycles. The van der Waals surface area contributed by atoms with Gasteiger partial charge in [0.15, 0.2) is 0 Å². The summed E-state index contributed by atoms with van der Waals surface area (Å²) in [7, 11) is -3.51. The van der Waals surface area contributed by atoms with E-state index in [4.69, 9.17) is 0 Å². The van der Waals surface area contributed by atoms with Gasteiger partial charge in [-0.3, -0.25) is 4.72 Å². The van der Waals surface area contributed by atoms with Crippen LogP contribution < -0.4 is 14.8 Å². The Morgan fingerprint density at radius 3 is 2.50 bits per heavy atom. The first kappa shape index (κ1) is 14.9. The highest BCUT2D eigenvalue weighted by molar-refractivity contribution is 7.90. The average molecular weight is 271 g/mol. The van der Waals surface area contributed by atoms with E-state index in [1.807, 2.05) is 25.1 Å². The van der Waals surface area contributed by atoms with Gasteiger partial charge in [-0.05, 0) is 32.0 Å². The van der Waals surface area contributed by atoms with Crippen LogP contribution >= 0.6 is 0 Å². The molecule has 1 rings (SSSR count). The van der Waals surface area contributed by atoms with Crippen molar-refractivity contribution in [3.8, 4) is 0 Å². The SMILES string of the molecule is CCNCc1ccccc1NS(=O)(=O)NC(C)C. The molecular formula is C12H21N3O2S. The lowest BCUT2D eigenvalue weighted by atomic mass is 10.2. The molecular weight excluding hydrogens is 250 g/mol. The first-order chi connectivity index (χ1) is 8.44. The van der Waals surface area contributed by atoms with E-state index < -0.39 is 10.2 Å². The Morgan fingerprint density at radius 1 is 1.22 bits per heavy atom. The number of rotatable bonds is 7. The summed E-state index contributed by atoms with van der Waals surface area (Å²) in [6.45, 7) is 7.04. The van der Waals surface area contributed by atoms with Gasteiger partial charge in [-0.15, -0.1) is 0 Å². The Kier molecular flexibility index (Phi) is 5.58. The zero-order valence-electron chi connectivity index (χ0n) is 11.0. The number of hydrogen-bond donors (Lipinski definition) is 3. The zero-order valence-corrected chi connectivity index (χ0v) is 11.8. The molecule has 0 unspecified atom stereocenters. The van der Waals surface area contributed by atoms with Gasteiger partial charge >= 0.3 is 0 Å². The maximum absolute atomic E-state index is 11.8. The quantitative estimate of drug-likeness (QED) is 0.703. The van der Waals surface area contributed by atoms with Crippen LogP contribution in [0.1, 0.15) is 26.3 Å². The summed E-state index contributed by atoms with van der Waals surface area (Å²) in [4.78, 5) is 0. The summed E-state index contributed by atoms with van der Waals surface area (Å²) >= 11 is 0. The van der Waals surface area contributed by atoms with Crippen LogP contribution in [0, 0.1) is 0 Å². The largest absolute Gasteiger partial charge is 0.313 e. The maximum Gasteiger partial charge on any atom is 0.299 e. The van der Waals surface area contributed by atoms with Crippen molar-refractivity contribution >= 4 is 15.9 Å². The minimum absolute atomic E-state index is 0.136. The van der Waals surface area contributed by atoms with Crippen molar-refractivity contribution in [3.05, 3.63) is 29.8 Å². The second kappa shape index (κ2) is 6.72. The molecule has 0 aliphatic rings. The smallest absolute Gasteiger partial charge is 0.299 e. The Hall–Kier alpha value is -1.11. The third-order valence-electron chi connectivity index (χ3n) is 2.22. The van der Waals surface area contributed by atoms with E-state index in [9.17, 15) is 8.42 Å². The number of anilines is 1. The summed E-state index contributed by atoms with van der Waals surface area (Å²) in [5.74, 6) is 0. The van der Waals surface area contributed by atoms with Crippen LogP contribution in [-0.4, -0.2) is 21.0 Å². The Balaban J connectivity index is 2.83. The lowest BCUT2D eigenvalue weighted by Crippen LogP contribution is -2.35. The molecule has 0 saturated heterocycles. The molecule has 0 spiro atoms. The van der Waals surface area contributed by atoms with Crippen LogP contribution in [0.25, 0.3) is 0 Å². The van der Waals surface area contributed by atoms with Gasteiger partial charge in [-0.25, -0.2) is 0 Å². The van der Waals surface area contributed by atoms with Crippen molar-refractivity contribution in [3.63, 3.8) is 0 Å². The highest BCUT2D eigenvalue weighted by atomic mass is 32.2. The van der Waals surface area contributed by atoms with Gasteiger partial charge in [0.2, 0.25) is 0 Å². The molecule has 1 aromatic carbocycles. The molecule has 1 aromatic rings. The van der Waals surface area contributed by atoms with Crippen molar-refractivity contribution in [2.75, 3.05) is 11.3 Å². The predicted octanol–water partition coefficient (Wildman–Crippen LogP) is 1.45. The fourth-order valence-electron chi connectivity index (χ4n) is 1.52. The van der Waals surface area contributed by atoms with E-state index in [0.29, 0.717) is 12.2 Å². The lowest BCUT2D eigenvalue weighted by molar-refractivity contribution is 0.575. The molecule has 0 fully saturated rings. The van der Waals surface area contributed by atoms with Crippen LogP contribution in [0.4, 0.5) is 5.69 Å². The summed E-state index contributed by atoms with van der Waals surface area (Å²) in [5.41, 5.74) is 1.53. The molecule has 5 nitrogen and oxygen atoms in total. The fraction of sp³-hybridized carbons (Fsp3) is 0.500. The Bertz CT molecular complexity index is 472. The van der Waals surface area contributed by atoms with Crippen molar-refractivity contribution in [2.24, 2.45) is 0 Å². The predicted molar refractivity (Wildman–Crippen MR) is 74.6 cm³/mol. The third kappa shape index (κ3) is 5.03. The van der Waals surface area contributed by atoms with E-state index >= 15 is 0 Å². The first-order valence-corrected chi connectivity index (χ1v) is 7.51. The number of nitrogens with one attached hydrogen (secondary N) is 3. The lowest BCUT2D eigenvalue weighted by Gasteiger charge is -2.14. The van der Waals surface area contributed by atoms with Gasteiger partial charge in [0, 0.05) is 12.6 Å². The molecule has 0 bridgehead atoms. The fourth-order valence-corrected chi connectivity index (χ4v) is 2.69. The molecule has 0 heterocycles. The van der Waals surface area contributed by atoms with Crippen molar-refractivity contribution in [2.45, 2.75) is 33.4 Å². The minimum Gasteiger partial charge on any atom is -0.313 e. The summed E-state index contributed by atoms with van der Waals surface area (Å²) in [6, 6.07) is 7.22. The molecule has 0 atom stereocenters. The molecule has 0 radical (unpaired) electrons. The van der Waals surface area contributed by atoms with Gasteiger partial charge < -0.3 is 5.32 Å². The molecule has 6 heteroatoms. The maximum atomic E-state index is 11.8. The normalized spacial score (nSPS) is 11.8. The second-order valence-electron chi connectivity index (χ2n) is 4.32. The van der Waals surface area contributed by atoms with E-state index in [1.165, 1.54) is 0 Å². The van der Waals surface area contributed by atoms with Crippen molar-refractivity contribution in [1.82, 2.24) is 10.0 Å². The summed E-state index contributed by atoms with van der Waals surface area (Å²) in [5, 5.41) is 3.18. The zero-order chi connectivity index (χ0) is 13.6. The van der Waals surface area contributed by atoms with Gasteiger partial charge in [0.05, 0.1) is 5.69 Å². The molecule has 0 aromatic heterocycles. The van der Waals surface area contributed by atoms with Gasteiger partial charge in [-0.2, -0.15) is 13.1 Å². The summed E-state index contributed by atoms with van der Waals surface area (Å²) < 4.78 is 28.6. The molecule has 102 valence electrons. The van der Waals surface area contributed by atoms with E-state index in [0.717, 1.165) is 12.1 Å². The molecule has 0 aliphatic carbocycles. The van der Waals surface area contributed by atoms with Crippen molar-refractivity contribution < 1.29 is 8.42 Å². The van der Waals surface area contributed by atoms with Crippen LogP contribution in [0.2, 0.25) is 0 Å². The van der Waals surface area contributed by atoms with Gasteiger partial charge in [-0.1, -0.05) is 25.1 Å². The third-order valence-corrected chi connectivity index (χ3v) is 3.49. The van der Waals surface area contributed by atoms with E-state index in [1.54, 1.807) is 19.9 Å². The van der Waals surface area contributed by atoms with E-state index in [-0.39, 0.29) is 6.04 Å². The monoisotopic (exact) mass is 271 g/mol. The summed E-state index contributed by atoms with van der Waals surface area (Å²) in [6.07, 6.45) is 0.